The SMILES string of the molecule is CCC1(COc2ccc(CC[Si])cc2)COC1. The van der Waals surface area contributed by atoms with Crippen LogP contribution >= 0.6 is 0 Å². The van der Waals surface area contributed by atoms with Gasteiger partial charge < -0.3 is 9.47 Å². The highest BCUT2D eigenvalue weighted by atomic mass is 28.1. The second-order valence-corrected chi connectivity index (χ2v) is 5.28. The molecule has 3 radical (unpaired) electrons. The Morgan fingerprint density at radius 3 is 2.47 bits per heavy atom. The van der Waals surface area contributed by atoms with Crippen LogP contribution in [0.15, 0.2) is 24.3 Å². The molecule has 0 saturated carbocycles. The molecule has 1 aliphatic heterocycles. The van der Waals surface area contributed by atoms with Gasteiger partial charge in [-0.2, -0.15) is 0 Å². The average Bonchev–Trinajstić information content (AvgIpc) is 2.31. The van der Waals surface area contributed by atoms with Crippen LogP contribution in [-0.4, -0.2) is 30.1 Å². The number of benzene rings is 1. The largest absolute Gasteiger partial charge is 0.493 e. The molecular weight excluding hydrogens is 228 g/mol. The summed E-state index contributed by atoms with van der Waals surface area (Å²) in [7, 11) is 3.49. The van der Waals surface area contributed by atoms with Crippen molar-refractivity contribution in [3.8, 4) is 5.75 Å². The second-order valence-electron chi connectivity index (χ2n) is 4.78. The predicted octanol–water partition coefficient (Wildman–Crippen LogP) is 2.62. The number of aryl methyl sites for hydroxylation is 1. The average molecular weight is 247 g/mol. The zero-order chi connectivity index (χ0) is 12.1. The second kappa shape index (κ2) is 5.69. The van der Waals surface area contributed by atoms with E-state index in [-0.39, 0.29) is 5.41 Å². The van der Waals surface area contributed by atoms with E-state index in [2.05, 4.69) is 41.4 Å². The highest BCUT2D eigenvalue weighted by Crippen LogP contribution is 2.31. The van der Waals surface area contributed by atoms with Crippen LogP contribution in [0, 0.1) is 5.41 Å². The summed E-state index contributed by atoms with van der Waals surface area (Å²) in [6.45, 7) is 4.64. The molecule has 1 aromatic rings. The summed E-state index contributed by atoms with van der Waals surface area (Å²) < 4.78 is 11.1. The first-order chi connectivity index (χ1) is 8.28. The maximum Gasteiger partial charge on any atom is 0.119 e. The molecule has 1 fully saturated rings. The van der Waals surface area contributed by atoms with E-state index in [4.69, 9.17) is 9.47 Å². The molecule has 1 heterocycles. The fourth-order valence-corrected chi connectivity index (χ4v) is 2.20. The van der Waals surface area contributed by atoms with Crippen molar-refractivity contribution in [1.82, 2.24) is 0 Å². The van der Waals surface area contributed by atoms with E-state index in [1.807, 2.05) is 0 Å². The van der Waals surface area contributed by atoms with Gasteiger partial charge in [0.25, 0.3) is 0 Å². The van der Waals surface area contributed by atoms with Crippen molar-refractivity contribution in [1.29, 1.82) is 0 Å². The van der Waals surface area contributed by atoms with Crippen LogP contribution in [0.1, 0.15) is 18.9 Å². The zero-order valence-electron chi connectivity index (χ0n) is 10.4. The third-order valence-corrected chi connectivity index (χ3v) is 3.70. The fraction of sp³-hybridized carbons (Fsp3) is 0.571. The summed E-state index contributed by atoms with van der Waals surface area (Å²) in [5, 5.41) is 0. The minimum atomic E-state index is 0.258. The number of rotatable bonds is 6. The summed E-state index contributed by atoms with van der Waals surface area (Å²) >= 11 is 0. The highest BCUT2D eigenvalue weighted by molar-refractivity contribution is 6.08. The highest BCUT2D eigenvalue weighted by Gasteiger charge is 2.37. The molecule has 91 valence electrons. The molecule has 0 aromatic heterocycles. The Bertz CT molecular complexity index is 338. The van der Waals surface area contributed by atoms with Crippen molar-refractivity contribution < 1.29 is 9.47 Å². The van der Waals surface area contributed by atoms with Gasteiger partial charge in [0.1, 0.15) is 5.75 Å². The van der Waals surface area contributed by atoms with Crippen molar-refractivity contribution in [2.24, 2.45) is 5.41 Å². The number of ether oxygens (including phenoxy) is 2. The summed E-state index contributed by atoms with van der Waals surface area (Å²) in [5.41, 5.74) is 1.60. The lowest BCUT2D eigenvalue weighted by atomic mass is 9.84. The summed E-state index contributed by atoms with van der Waals surface area (Å²) in [6.07, 6.45) is 2.18. The molecule has 0 spiro atoms. The summed E-state index contributed by atoms with van der Waals surface area (Å²) in [4.78, 5) is 0. The monoisotopic (exact) mass is 247 g/mol. The molecule has 0 bridgehead atoms. The van der Waals surface area contributed by atoms with Crippen LogP contribution in [-0.2, 0) is 11.2 Å². The molecule has 0 amide bonds. The maximum absolute atomic E-state index is 5.85. The van der Waals surface area contributed by atoms with E-state index in [1.165, 1.54) is 5.56 Å². The Balaban J connectivity index is 1.86. The number of hydrogen-bond donors (Lipinski definition) is 0. The smallest absolute Gasteiger partial charge is 0.119 e. The standard InChI is InChI=1S/C14H19O2Si/c1-2-14(9-15-10-14)11-16-13-5-3-12(4-6-13)7-8-17/h3-6H,2,7-11H2,1H3. The van der Waals surface area contributed by atoms with Crippen molar-refractivity contribution in [3.05, 3.63) is 29.8 Å². The van der Waals surface area contributed by atoms with E-state index in [9.17, 15) is 0 Å². The molecular formula is C14H19O2Si. The van der Waals surface area contributed by atoms with Gasteiger partial charge in [-0.25, -0.2) is 0 Å². The molecule has 2 nitrogen and oxygen atoms in total. The van der Waals surface area contributed by atoms with Crippen molar-refractivity contribution >= 4 is 10.2 Å². The van der Waals surface area contributed by atoms with Crippen LogP contribution in [0.3, 0.4) is 0 Å². The topological polar surface area (TPSA) is 18.5 Å². The lowest BCUT2D eigenvalue weighted by molar-refractivity contribution is -0.133. The van der Waals surface area contributed by atoms with Crippen LogP contribution in [0.25, 0.3) is 0 Å². The molecule has 17 heavy (non-hydrogen) atoms. The maximum atomic E-state index is 5.85. The Hall–Kier alpha value is -0.803. The van der Waals surface area contributed by atoms with E-state index in [1.54, 1.807) is 0 Å². The van der Waals surface area contributed by atoms with Gasteiger partial charge >= 0.3 is 0 Å². The Labute approximate surface area is 107 Å². The Morgan fingerprint density at radius 2 is 2.00 bits per heavy atom. The third-order valence-electron chi connectivity index (χ3n) is 3.45. The van der Waals surface area contributed by atoms with Gasteiger partial charge in [-0.1, -0.05) is 25.1 Å². The molecule has 1 aromatic carbocycles. The van der Waals surface area contributed by atoms with E-state index < -0.39 is 0 Å². The minimum absolute atomic E-state index is 0.258. The van der Waals surface area contributed by atoms with E-state index >= 15 is 0 Å². The van der Waals surface area contributed by atoms with Gasteiger partial charge in [0.15, 0.2) is 0 Å². The molecule has 0 N–H and O–H groups in total. The first-order valence-corrected chi connectivity index (χ1v) is 6.93. The van der Waals surface area contributed by atoms with Crippen molar-refractivity contribution in [2.75, 3.05) is 19.8 Å². The van der Waals surface area contributed by atoms with Crippen molar-refractivity contribution in [3.63, 3.8) is 0 Å². The lowest BCUT2D eigenvalue weighted by Gasteiger charge is -2.40. The van der Waals surface area contributed by atoms with Crippen LogP contribution in [0.4, 0.5) is 0 Å². The van der Waals surface area contributed by atoms with Crippen LogP contribution < -0.4 is 4.74 Å². The summed E-state index contributed by atoms with van der Waals surface area (Å²) in [6, 6.07) is 9.37. The molecule has 0 unspecified atom stereocenters. The normalized spacial score (nSPS) is 17.5. The molecule has 0 aliphatic carbocycles. The first-order valence-electron chi connectivity index (χ1n) is 6.22. The lowest BCUT2D eigenvalue weighted by Crippen LogP contribution is -2.46. The van der Waals surface area contributed by atoms with Crippen LogP contribution in [0.5, 0.6) is 5.75 Å². The zero-order valence-corrected chi connectivity index (χ0v) is 11.4. The van der Waals surface area contributed by atoms with E-state index in [0.29, 0.717) is 0 Å². The number of hydrogen-bond acceptors (Lipinski definition) is 2. The minimum Gasteiger partial charge on any atom is -0.493 e. The van der Waals surface area contributed by atoms with Gasteiger partial charge in [0.05, 0.1) is 25.2 Å². The quantitative estimate of drug-likeness (QED) is 0.719. The van der Waals surface area contributed by atoms with Crippen LogP contribution in [0.2, 0.25) is 6.04 Å². The van der Waals surface area contributed by atoms with Crippen molar-refractivity contribution in [2.45, 2.75) is 25.8 Å². The van der Waals surface area contributed by atoms with Gasteiger partial charge in [-0.15, -0.1) is 0 Å². The van der Waals surface area contributed by atoms with Gasteiger partial charge in [0.2, 0.25) is 0 Å². The predicted molar refractivity (Wildman–Crippen MR) is 69.7 cm³/mol. The Morgan fingerprint density at radius 1 is 1.29 bits per heavy atom. The molecule has 0 atom stereocenters. The summed E-state index contributed by atoms with van der Waals surface area (Å²) in [5.74, 6) is 0.961. The van der Waals surface area contributed by atoms with Gasteiger partial charge in [-0.3, -0.25) is 0 Å². The molecule has 1 saturated heterocycles. The van der Waals surface area contributed by atoms with Gasteiger partial charge in [-0.05, 0) is 30.5 Å². The molecule has 3 heteroatoms. The van der Waals surface area contributed by atoms with Gasteiger partial charge in [0, 0.05) is 10.2 Å². The molecule has 2 rings (SSSR count). The van der Waals surface area contributed by atoms with E-state index in [0.717, 1.165) is 44.5 Å². The first kappa shape index (κ1) is 12.6. The molecule has 1 aliphatic rings. The fourth-order valence-electron chi connectivity index (χ4n) is 1.91. The Kier molecular flexibility index (Phi) is 4.24. The third kappa shape index (κ3) is 3.10.